The SMILES string of the molecule is C/C(=N/NC(=O)[C@@H](C)Sc1ccccc1)c1ccc(NC(=O)c2ccccc2)cc1. The highest BCUT2D eigenvalue weighted by Crippen LogP contribution is 2.22. The number of benzene rings is 3. The molecule has 0 saturated carbocycles. The minimum absolute atomic E-state index is 0.157. The summed E-state index contributed by atoms with van der Waals surface area (Å²) in [6.07, 6.45) is 0. The van der Waals surface area contributed by atoms with Crippen molar-refractivity contribution in [1.29, 1.82) is 0 Å². The van der Waals surface area contributed by atoms with Gasteiger partial charge in [0, 0.05) is 16.1 Å². The lowest BCUT2D eigenvalue weighted by Gasteiger charge is -2.10. The summed E-state index contributed by atoms with van der Waals surface area (Å²) in [6, 6.07) is 26.2. The number of thioether (sulfide) groups is 1. The number of carbonyl (C=O) groups excluding carboxylic acids is 2. The van der Waals surface area contributed by atoms with Crippen LogP contribution in [0.3, 0.4) is 0 Å². The first-order valence-electron chi connectivity index (χ1n) is 9.55. The van der Waals surface area contributed by atoms with Crippen LogP contribution in [0.4, 0.5) is 5.69 Å². The molecule has 0 heterocycles. The zero-order valence-electron chi connectivity index (χ0n) is 16.8. The molecule has 0 radical (unpaired) electrons. The van der Waals surface area contributed by atoms with Crippen molar-refractivity contribution in [3.8, 4) is 0 Å². The zero-order chi connectivity index (χ0) is 21.3. The Morgan fingerprint density at radius 1 is 0.833 bits per heavy atom. The van der Waals surface area contributed by atoms with E-state index in [1.807, 2.05) is 86.6 Å². The van der Waals surface area contributed by atoms with E-state index in [-0.39, 0.29) is 17.1 Å². The first-order valence-corrected chi connectivity index (χ1v) is 10.4. The highest BCUT2D eigenvalue weighted by molar-refractivity contribution is 8.00. The Kier molecular flexibility index (Phi) is 7.40. The summed E-state index contributed by atoms with van der Waals surface area (Å²) >= 11 is 1.48. The fourth-order valence-corrected chi connectivity index (χ4v) is 3.52. The third-order valence-electron chi connectivity index (χ3n) is 4.36. The van der Waals surface area contributed by atoms with Gasteiger partial charge in [0.2, 0.25) is 0 Å². The maximum absolute atomic E-state index is 12.3. The fraction of sp³-hybridized carbons (Fsp3) is 0.125. The maximum atomic E-state index is 12.3. The molecule has 3 aromatic carbocycles. The van der Waals surface area contributed by atoms with E-state index in [0.29, 0.717) is 17.0 Å². The molecule has 6 heteroatoms. The summed E-state index contributed by atoms with van der Waals surface area (Å²) < 4.78 is 0. The van der Waals surface area contributed by atoms with E-state index in [4.69, 9.17) is 0 Å². The molecule has 0 fully saturated rings. The molecule has 152 valence electrons. The lowest BCUT2D eigenvalue weighted by molar-refractivity contribution is -0.120. The lowest BCUT2D eigenvalue weighted by Crippen LogP contribution is -2.27. The van der Waals surface area contributed by atoms with Crippen LogP contribution in [0.5, 0.6) is 0 Å². The van der Waals surface area contributed by atoms with Crippen LogP contribution in [0.15, 0.2) is 94.9 Å². The number of hydrazone groups is 1. The fourth-order valence-electron chi connectivity index (χ4n) is 2.64. The number of nitrogens with zero attached hydrogens (tertiary/aromatic N) is 1. The van der Waals surface area contributed by atoms with Crippen molar-refractivity contribution in [2.75, 3.05) is 5.32 Å². The largest absolute Gasteiger partial charge is 0.322 e. The Morgan fingerprint density at radius 2 is 1.43 bits per heavy atom. The van der Waals surface area contributed by atoms with Crippen molar-refractivity contribution in [2.45, 2.75) is 24.0 Å². The van der Waals surface area contributed by atoms with Gasteiger partial charge in [-0.2, -0.15) is 5.10 Å². The number of rotatable bonds is 7. The predicted molar refractivity (Wildman–Crippen MR) is 123 cm³/mol. The van der Waals surface area contributed by atoms with Gasteiger partial charge >= 0.3 is 0 Å². The molecule has 0 spiro atoms. The maximum Gasteiger partial charge on any atom is 0.255 e. The second-order valence-corrected chi connectivity index (χ2v) is 8.06. The molecule has 3 aromatic rings. The molecular weight excluding hydrogens is 394 g/mol. The van der Waals surface area contributed by atoms with Gasteiger partial charge in [0.25, 0.3) is 11.8 Å². The van der Waals surface area contributed by atoms with Gasteiger partial charge in [-0.3, -0.25) is 9.59 Å². The normalized spacial score (nSPS) is 12.1. The molecular formula is C24H23N3O2S. The van der Waals surface area contributed by atoms with Crippen LogP contribution in [0, 0.1) is 0 Å². The molecule has 2 N–H and O–H groups in total. The number of amides is 2. The second kappa shape index (κ2) is 10.4. The number of carbonyl (C=O) groups is 2. The van der Waals surface area contributed by atoms with Gasteiger partial charge in [-0.25, -0.2) is 5.43 Å². The van der Waals surface area contributed by atoms with E-state index >= 15 is 0 Å². The molecule has 0 aliphatic rings. The average molecular weight is 418 g/mol. The minimum atomic E-state index is -0.264. The van der Waals surface area contributed by atoms with Gasteiger partial charge in [-0.15, -0.1) is 11.8 Å². The van der Waals surface area contributed by atoms with E-state index < -0.39 is 0 Å². The molecule has 5 nitrogen and oxygen atoms in total. The number of hydrogen-bond acceptors (Lipinski definition) is 4. The standard InChI is InChI=1S/C24H23N3O2S/c1-17(26-27-23(28)18(2)30-22-11-7-4-8-12-22)19-13-15-21(16-14-19)25-24(29)20-9-5-3-6-10-20/h3-16,18H,1-2H3,(H,25,29)(H,27,28)/b26-17-/t18-/m1/s1. The molecule has 0 unspecified atom stereocenters. The van der Waals surface area contributed by atoms with E-state index in [1.54, 1.807) is 12.1 Å². The predicted octanol–water partition coefficient (Wildman–Crippen LogP) is 4.96. The van der Waals surface area contributed by atoms with Crippen LogP contribution in [0.25, 0.3) is 0 Å². The number of anilines is 1. The van der Waals surface area contributed by atoms with E-state index in [9.17, 15) is 9.59 Å². The van der Waals surface area contributed by atoms with Crippen LogP contribution >= 0.6 is 11.8 Å². The topological polar surface area (TPSA) is 70.6 Å². The van der Waals surface area contributed by atoms with Gasteiger partial charge in [-0.05, 0) is 55.8 Å². The highest BCUT2D eigenvalue weighted by atomic mass is 32.2. The van der Waals surface area contributed by atoms with Gasteiger partial charge in [0.1, 0.15) is 0 Å². The molecule has 1 atom stereocenters. The third kappa shape index (κ3) is 6.06. The van der Waals surface area contributed by atoms with E-state index in [1.165, 1.54) is 11.8 Å². The number of hydrogen-bond donors (Lipinski definition) is 2. The summed E-state index contributed by atoms with van der Waals surface area (Å²) in [5.74, 6) is -0.319. The lowest BCUT2D eigenvalue weighted by atomic mass is 10.1. The number of nitrogens with one attached hydrogen (secondary N) is 2. The Morgan fingerprint density at radius 3 is 2.07 bits per heavy atom. The van der Waals surface area contributed by atoms with Crippen molar-refractivity contribution in [1.82, 2.24) is 5.43 Å². The van der Waals surface area contributed by atoms with Crippen molar-refractivity contribution in [2.24, 2.45) is 5.10 Å². The smallest absolute Gasteiger partial charge is 0.255 e. The van der Waals surface area contributed by atoms with Crippen LogP contribution in [0.1, 0.15) is 29.8 Å². The molecule has 0 aromatic heterocycles. The summed E-state index contributed by atoms with van der Waals surface area (Å²) in [6.45, 7) is 3.68. The van der Waals surface area contributed by atoms with Crippen LogP contribution in [0.2, 0.25) is 0 Å². The average Bonchev–Trinajstić information content (AvgIpc) is 2.79. The molecule has 0 saturated heterocycles. The summed E-state index contributed by atoms with van der Waals surface area (Å²) in [4.78, 5) is 25.6. The molecule has 0 aliphatic heterocycles. The van der Waals surface area contributed by atoms with Gasteiger partial charge in [0.15, 0.2) is 0 Å². The molecule has 0 aliphatic carbocycles. The van der Waals surface area contributed by atoms with Crippen LogP contribution < -0.4 is 10.7 Å². The summed E-state index contributed by atoms with van der Waals surface area (Å²) in [5.41, 5.74) is 5.46. The van der Waals surface area contributed by atoms with Crippen molar-refractivity contribution >= 4 is 35.0 Å². The monoisotopic (exact) mass is 417 g/mol. The Hall–Kier alpha value is -3.38. The third-order valence-corrected chi connectivity index (χ3v) is 5.47. The van der Waals surface area contributed by atoms with Crippen molar-refractivity contribution < 1.29 is 9.59 Å². The molecule has 2 amide bonds. The van der Waals surface area contributed by atoms with Crippen LogP contribution in [-0.2, 0) is 4.79 Å². The molecule has 0 bridgehead atoms. The highest BCUT2D eigenvalue weighted by Gasteiger charge is 2.14. The van der Waals surface area contributed by atoms with Crippen LogP contribution in [-0.4, -0.2) is 22.8 Å². The summed E-state index contributed by atoms with van der Waals surface area (Å²) in [7, 11) is 0. The van der Waals surface area contributed by atoms with Crippen molar-refractivity contribution in [3.63, 3.8) is 0 Å². The minimum Gasteiger partial charge on any atom is -0.322 e. The van der Waals surface area contributed by atoms with Gasteiger partial charge in [0.05, 0.1) is 11.0 Å². The Balaban J connectivity index is 1.55. The Bertz CT molecular complexity index is 1020. The second-order valence-electron chi connectivity index (χ2n) is 6.64. The Labute approximate surface area is 180 Å². The van der Waals surface area contributed by atoms with Gasteiger partial charge < -0.3 is 5.32 Å². The quantitative estimate of drug-likeness (QED) is 0.324. The van der Waals surface area contributed by atoms with E-state index in [0.717, 1.165) is 10.5 Å². The zero-order valence-corrected chi connectivity index (χ0v) is 17.6. The van der Waals surface area contributed by atoms with E-state index in [2.05, 4.69) is 15.8 Å². The molecule has 3 rings (SSSR count). The first-order chi connectivity index (χ1) is 14.5. The van der Waals surface area contributed by atoms with Crippen molar-refractivity contribution in [3.05, 3.63) is 96.1 Å². The summed E-state index contributed by atoms with van der Waals surface area (Å²) in [5, 5.41) is 6.81. The molecule has 30 heavy (non-hydrogen) atoms. The first kappa shape index (κ1) is 21.3. The van der Waals surface area contributed by atoms with Gasteiger partial charge in [-0.1, -0.05) is 48.5 Å².